The Labute approximate surface area is 102 Å². The van der Waals surface area contributed by atoms with Crippen LogP contribution < -0.4 is 5.32 Å². The molecule has 96 valence electrons. The predicted molar refractivity (Wildman–Crippen MR) is 71.8 cm³/mol. The van der Waals surface area contributed by atoms with E-state index in [2.05, 4.69) is 37.9 Å². The van der Waals surface area contributed by atoms with Gasteiger partial charge in [-0.25, -0.2) is 0 Å². The number of piperidine rings is 1. The van der Waals surface area contributed by atoms with Crippen LogP contribution in [0.15, 0.2) is 0 Å². The first-order valence-electron chi connectivity index (χ1n) is 6.83. The van der Waals surface area contributed by atoms with Crippen LogP contribution in [0.4, 0.5) is 0 Å². The first kappa shape index (κ1) is 14.0. The van der Waals surface area contributed by atoms with Crippen molar-refractivity contribution in [1.29, 1.82) is 0 Å². The van der Waals surface area contributed by atoms with E-state index in [1.54, 1.807) is 0 Å². The molecule has 1 aliphatic rings. The van der Waals surface area contributed by atoms with Crippen LogP contribution >= 0.6 is 0 Å². The Balaban J connectivity index is 2.31. The summed E-state index contributed by atoms with van der Waals surface area (Å²) in [6.07, 6.45) is 4.04. The molecule has 1 N–H and O–H groups in total. The molecule has 0 spiro atoms. The highest BCUT2D eigenvalue weighted by Crippen LogP contribution is 2.34. The quantitative estimate of drug-likeness (QED) is 0.793. The average molecular weight is 226 g/mol. The smallest absolute Gasteiger partial charge is 0.00790 e. The number of hydrogen-bond acceptors (Lipinski definition) is 2. The largest absolute Gasteiger partial charge is 0.320 e. The molecule has 2 nitrogen and oxygen atoms in total. The van der Waals surface area contributed by atoms with Crippen LogP contribution in [0.2, 0.25) is 0 Å². The van der Waals surface area contributed by atoms with Gasteiger partial charge in [0.05, 0.1) is 0 Å². The summed E-state index contributed by atoms with van der Waals surface area (Å²) in [4.78, 5) is 2.67. The highest BCUT2D eigenvalue weighted by Gasteiger charge is 2.29. The van der Waals surface area contributed by atoms with Gasteiger partial charge in [-0.1, -0.05) is 20.8 Å². The Bertz CT molecular complexity index is 187. The number of rotatable bonds is 4. The summed E-state index contributed by atoms with van der Waals surface area (Å²) in [5, 5.41) is 3.24. The van der Waals surface area contributed by atoms with Crippen molar-refractivity contribution in [2.24, 2.45) is 11.3 Å². The van der Waals surface area contributed by atoms with E-state index in [0.29, 0.717) is 5.41 Å². The van der Waals surface area contributed by atoms with E-state index in [0.717, 1.165) is 18.5 Å². The van der Waals surface area contributed by atoms with Crippen molar-refractivity contribution < 1.29 is 0 Å². The lowest BCUT2D eigenvalue weighted by Crippen LogP contribution is -2.43. The molecule has 1 saturated heterocycles. The predicted octanol–water partition coefficient (Wildman–Crippen LogP) is 2.74. The molecule has 0 aromatic heterocycles. The molecule has 0 aromatic rings. The third-order valence-electron chi connectivity index (χ3n) is 4.19. The van der Waals surface area contributed by atoms with Crippen molar-refractivity contribution in [2.75, 3.05) is 26.7 Å². The van der Waals surface area contributed by atoms with Crippen molar-refractivity contribution in [1.82, 2.24) is 10.2 Å². The SMILES string of the molecule is CNCCC(C)N1CCC(C(C)(C)C)CC1. The van der Waals surface area contributed by atoms with Crippen LogP contribution in [-0.2, 0) is 0 Å². The first-order chi connectivity index (χ1) is 7.45. The number of nitrogens with zero attached hydrogens (tertiary/aromatic N) is 1. The second kappa shape index (κ2) is 6.02. The molecule has 0 aliphatic carbocycles. The Morgan fingerprint density at radius 1 is 1.25 bits per heavy atom. The molecule has 1 aliphatic heterocycles. The van der Waals surface area contributed by atoms with Crippen LogP contribution in [0, 0.1) is 11.3 Å². The topological polar surface area (TPSA) is 15.3 Å². The molecule has 1 rings (SSSR count). The lowest BCUT2D eigenvalue weighted by Gasteiger charge is -2.41. The fourth-order valence-electron chi connectivity index (χ4n) is 2.74. The number of nitrogens with one attached hydrogen (secondary N) is 1. The van der Waals surface area contributed by atoms with Crippen molar-refractivity contribution >= 4 is 0 Å². The molecule has 0 amide bonds. The average Bonchev–Trinajstić information content (AvgIpc) is 2.25. The van der Waals surface area contributed by atoms with Gasteiger partial charge in [-0.05, 0) is 64.2 Å². The molecule has 0 radical (unpaired) electrons. The molecule has 0 saturated carbocycles. The van der Waals surface area contributed by atoms with Gasteiger partial charge in [0.15, 0.2) is 0 Å². The summed E-state index contributed by atoms with van der Waals surface area (Å²) in [7, 11) is 2.04. The van der Waals surface area contributed by atoms with Crippen molar-refractivity contribution in [3.05, 3.63) is 0 Å². The van der Waals surface area contributed by atoms with Crippen LogP contribution in [0.1, 0.15) is 47.0 Å². The van der Waals surface area contributed by atoms with Gasteiger partial charge in [0.1, 0.15) is 0 Å². The maximum Gasteiger partial charge on any atom is 0.00790 e. The third kappa shape index (κ3) is 4.06. The first-order valence-corrected chi connectivity index (χ1v) is 6.83. The molecule has 2 heteroatoms. The van der Waals surface area contributed by atoms with E-state index in [4.69, 9.17) is 0 Å². The highest BCUT2D eigenvalue weighted by molar-refractivity contribution is 4.82. The minimum Gasteiger partial charge on any atom is -0.320 e. The Morgan fingerprint density at radius 2 is 1.81 bits per heavy atom. The lowest BCUT2D eigenvalue weighted by atomic mass is 9.75. The monoisotopic (exact) mass is 226 g/mol. The van der Waals surface area contributed by atoms with Gasteiger partial charge in [0.2, 0.25) is 0 Å². The van der Waals surface area contributed by atoms with E-state index < -0.39 is 0 Å². The molecular weight excluding hydrogens is 196 g/mol. The molecule has 16 heavy (non-hydrogen) atoms. The maximum atomic E-state index is 3.24. The maximum absolute atomic E-state index is 3.24. The summed E-state index contributed by atoms with van der Waals surface area (Å²) >= 11 is 0. The Morgan fingerprint density at radius 3 is 2.25 bits per heavy atom. The summed E-state index contributed by atoms with van der Waals surface area (Å²) in [6.45, 7) is 13.3. The van der Waals surface area contributed by atoms with Gasteiger partial charge in [-0.3, -0.25) is 0 Å². The van der Waals surface area contributed by atoms with Gasteiger partial charge in [0, 0.05) is 6.04 Å². The van der Waals surface area contributed by atoms with E-state index in [9.17, 15) is 0 Å². The number of likely N-dealkylation sites (tertiary alicyclic amines) is 1. The zero-order valence-electron chi connectivity index (χ0n) is 11.8. The van der Waals surface area contributed by atoms with Gasteiger partial charge in [0.25, 0.3) is 0 Å². The van der Waals surface area contributed by atoms with Crippen molar-refractivity contribution in [2.45, 2.75) is 53.0 Å². The molecule has 0 bridgehead atoms. The van der Waals surface area contributed by atoms with Crippen molar-refractivity contribution in [3.63, 3.8) is 0 Å². The highest BCUT2D eigenvalue weighted by atomic mass is 15.2. The van der Waals surface area contributed by atoms with Crippen molar-refractivity contribution in [3.8, 4) is 0 Å². The minimum absolute atomic E-state index is 0.500. The Kier molecular flexibility index (Phi) is 5.26. The molecular formula is C14H30N2. The fourth-order valence-corrected chi connectivity index (χ4v) is 2.74. The summed E-state index contributed by atoms with van der Waals surface area (Å²) in [5.74, 6) is 0.917. The summed E-state index contributed by atoms with van der Waals surface area (Å²) in [6, 6.07) is 0.744. The van der Waals surface area contributed by atoms with Crippen LogP contribution in [-0.4, -0.2) is 37.6 Å². The molecule has 1 fully saturated rings. The summed E-state index contributed by atoms with van der Waals surface area (Å²) in [5.41, 5.74) is 0.500. The van der Waals surface area contributed by atoms with E-state index in [1.165, 1.54) is 32.4 Å². The molecule has 1 heterocycles. The van der Waals surface area contributed by atoms with Gasteiger partial charge < -0.3 is 10.2 Å². The van der Waals surface area contributed by atoms with Gasteiger partial charge in [-0.15, -0.1) is 0 Å². The Hall–Kier alpha value is -0.0800. The standard InChI is InChI=1S/C14H30N2/c1-12(6-9-15-5)16-10-7-13(8-11-16)14(2,3)4/h12-13,15H,6-11H2,1-5H3. The third-order valence-corrected chi connectivity index (χ3v) is 4.19. The van der Waals surface area contributed by atoms with Gasteiger partial charge in [-0.2, -0.15) is 0 Å². The fraction of sp³-hybridized carbons (Fsp3) is 1.00. The molecule has 1 unspecified atom stereocenters. The number of hydrogen-bond donors (Lipinski definition) is 1. The van der Waals surface area contributed by atoms with Crippen LogP contribution in [0.3, 0.4) is 0 Å². The summed E-state index contributed by atoms with van der Waals surface area (Å²) < 4.78 is 0. The molecule has 1 atom stereocenters. The normalized spacial score (nSPS) is 22.3. The second-order valence-corrected chi connectivity index (χ2v) is 6.42. The van der Waals surface area contributed by atoms with Crippen LogP contribution in [0.5, 0.6) is 0 Å². The zero-order valence-corrected chi connectivity index (χ0v) is 11.8. The van der Waals surface area contributed by atoms with E-state index in [-0.39, 0.29) is 0 Å². The van der Waals surface area contributed by atoms with Gasteiger partial charge >= 0.3 is 0 Å². The second-order valence-electron chi connectivity index (χ2n) is 6.42. The van der Waals surface area contributed by atoms with Crippen LogP contribution in [0.25, 0.3) is 0 Å². The lowest BCUT2D eigenvalue weighted by molar-refractivity contribution is 0.0852. The zero-order chi connectivity index (χ0) is 12.2. The van der Waals surface area contributed by atoms with E-state index in [1.807, 2.05) is 7.05 Å². The minimum atomic E-state index is 0.500. The van der Waals surface area contributed by atoms with E-state index >= 15 is 0 Å². The molecule has 0 aromatic carbocycles.